The summed E-state index contributed by atoms with van der Waals surface area (Å²) in [6.45, 7) is 4.71. The van der Waals surface area contributed by atoms with Crippen molar-refractivity contribution in [2.75, 3.05) is 32.1 Å². The number of piperidine rings is 2. The highest BCUT2D eigenvalue weighted by Gasteiger charge is 2.44. The third kappa shape index (κ3) is 6.33. The number of nitrogens with one attached hydrogen (secondary N) is 3. The van der Waals surface area contributed by atoms with Crippen LogP contribution in [0.1, 0.15) is 31.7 Å². The zero-order valence-electron chi connectivity index (χ0n) is 25.0. The molecular weight excluding hydrogens is 563 g/mol. The largest absolute Gasteiger partial charge is 0.493 e. The molecule has 4 unspecified atom stereocenters. The summed E-state index contributed by atoms with van der Waals surface area (Å²) in [6, 6.07) is 19.6. The van der Waals surface area contributed by atoms with Crippen molar-refractivity contribution in [3.63, 3.8) is 0 Å². The number of carbonyl (C=O) groups is 1. The molecule has 2 aliphatic heterocycles. The van der Waals surface area contributed by atoms with E-state index in [1.165, 1.54) is 13.2 Å². The number of hydrogen-bond acceptors (Lipinski definition) is 9. The number of pyridine rings is 1. The standard InChI is InChI=1S/C34H37FN4O5/c1-34(2,41)19-43-30-17-26-22(16-29(30)42-3)27(12-14-36-26)44-28-10-9-21(15-24(28)35)39-33-31-25(11-13-37-33)38-18-23(32(31)40)20-7-5-4-6-8-20/h4-10,12,14-17,23,25,31,33,37-39,41H,11,13,18-19H2,1-3H3. The highest BCUT2D eigenvalue weighted by molar-refractivity contribution is 5.91. The van der Waals surface area contributed by atoms with Gasteiger partial charge in [-0.25, -0.2) is 4.39 Å². The molecule has 10 heteroatoms. The third-order valence-electron chi connectivity index (χ3n) is 8.11. The Kier molecular flexibility index (Phi) is 8.40. The Morgan fingerprint density at radius 2 is 1.84 bits per heavy atom. The van der Waals surface area contributed by atoms with Crippen LogP contribution in [0.3, 0.4) is 0 Å². The van der Waals surface area contributed by atoms with Crippen molar-refractivity contribution in [1.82, 2.24) is 15.6 Å². The Morgan fingerprint density at radius 3 is 2.59 bits per heavy atom. The Morgan fingerprint density at radius 1 is 1.02 bits per heavy atom. The van der Waals surface area contributed by atoms with Crippen molar-refractivity contribution in [1.29, 1.82) is 0 Å². The summed E-state index contributed by atoms with van der Waals surface area (Å²) >= 11 is 0. The number of carbonyl (C=O) groups excluding carboxylic acids is 1. The number of ketones is 1. The fourth-order valence-corrected chi connectivity index (χ4v) is 5.95. The Balaban J connectivity index is 1.20. The van der Waals surface area contributed by atoms with Crippen molar-refractivity contribution in [2.24, 2.45) is 5.92 Å². The number of anilines is 1. The van der Waals surface area contributed by atoms with Gasteiger partial charge in [0.15, 0.2) is 23.1 Å². The molecule has 0 radical (unpaired) electrons. The van der Waals surface area contributed by atoms with E-state index in [0.717, 1.165) is 18.5 Å². The summed E-state index contributed by atoms with van der Waals surface area (Å²) in [5, 5.41) is 21.0. The van der Waals surface area contributed by atoms with Crippen molar-refractivity contribution in [2.45, 2.75) is 44.0 Å². The van der Waals surface area contributed by atoms with Crippen molar-refractivity contribution in [3.8, 4) is 23.0 Å². The molecule has 0 spiro atoms. The van der Waals surface area contributed by atoms with E-state index < -0.39 is 11.4 Å². The lowest BCUT2D eigenvalue weighted by molar-refractivity contribution is -0.128. The van der Waals surface area contributed by atoms with Gasteiger partial charge in [0, 0.05) is 42.0 Å². The predicted octanol–water partition coefficient (Wildman–Crippen LogP) is 5.00. The maximum absolute atomic E-state index is 15.5. The highest BCUT2D eigenvalue weighted by atomic mass is 19.1. The number of hydrogen-bond donors (Lipinski definition) is 4. The van der Waals surface area contributed by atoms with E-state index in [4.69, 9.17) is 14.2 Å². The van der Waals surface area contributed by atoms with Crippen molar-refractivity contribution < 1.29 is 28.5 Å². The molecule has 230 valence electrons. The number of Topliss-reactive ketones (excluding diaryl/α,β-unsaturated/α-hetero) is 1. The van der Waals surface area contributed by atoms with Crippen LogP contribution in [-0.2, 0) is 4.79 Å². The molecule has 0 bridgehead atoms. The molecule has 6 rings (SSSR count). The van der Waals surface area contributed by atoms with E-state index in [-0.39, 0.29) is 42.2 Å². The summed E-state index contributed by atoms with van der Waals surface area (Å²) in [4.78, 5) is 18.1. The predicted molar refractivity (Wildman–Crippen MR) is 166 cm³/mol. The monoisotopic (exact) mass is 600 g/mol. The average Bonchev–Trinajstić information content (AvgIpc) is 3.01. The number of aliphatic hydroxyl groups is 1. The first-order valence-electron chi connectivity index (χ1n) is 14.8. The number of methoxy groups -OCH3 is 1. The van der Waals surface area contributed by atoms with Crippen LogP contribution in [0.15, 0.2) is 72.9 Å². The quantitative estimate of drug-likeness (QED) is 0.211. The second kappa shape index (κ2) is 12.4. The molecule has 3 heterocycles. The van der Waals surface area contributed by atoms with Gasteiger partial charge in [-0.15, -0.1) is 0 Å². The summed E-state index contributed by atoms with van der Waals surface area (Å²) in [6.07, 6.45) is 2.06. The van der Waals surface area contributed by atoms with E-state index in [9.17, 15) is 9.90 Å². The van der Waals surface area contributed by atoms with Crippen LogP contribution in [0.2, 0.25) is 0 Å². The van der Waals surface area contributed by atoms with Gasteiger partial charge >= 0.3 is 0 Å². The fourth-order valence-electron chi connectivity index (χ4n) is 5.95. The summed E-state index contributed by atoms with van der Waals surface area (Å²) in [5.74, 6) is 0.374. The average molecular weight is 601 g/mol. The first-order chi connectivity index (χ1) is 21.2. The Bertz CT molecular complexity index is 1640. The summed E-state index contributed by atoms with van der Waals surface area (Å²) in [5.41, 5.74) is 1.07. The van der Waals surface area contributed by atoms with Crippen molar-refractivity contribution >= 4 is 22.4 Å². The molecule has 4 atom stereocenters. The molecule has 9 nitrogen and oxygen atoms in total. The van der Waals surface area contributed by atoms with Crippen LogP contribution in [-0.4, -0.2) is 60.5 Å². The number of fused-ring (bicyclic) bond motifs is 2. The molecule has 0 saturated carbocycles. The molecule has 2 aliphatic rings. The molecular formula is C34H37FN4O5. The number of rotatable bonds is 9. The lowest BCUT2D eigenvalue weighted by Crippen LogP contribution is -2.63. The minimum absolute atomic E-state index is 0.0402. The molecule has 44 heavy (non-hydrogen) atoms. The van der Waals surface area contributed by atoms with Crippen LogP contribution in [0.5, 0.6) is 23.0 Å². The lowest BCUT2D eigenvalue weighted by atomic mass is 9.75. The van der Waals surface area contributed by atoms with E-state index in [1.807, 2.05) is 30.3 Å². The minimum Gasteiger partial charge on any atom is -0.493 e. The zero-order chi connectivity index (χ0) is 30.8. The van der Waals surface area contributed by atoms with E-state index in [1.54, 1.807) is 50.4 Å². The second-order valence-electron chi connectivity index (χ2n) is 11.9. The summed E-state index contributed by atoms with van der Waals surface area (Å²) in [7, 11) is 1.52. The summed E-state index contributed by atoms with van der Waals surface area (Å²) < 4.78 is 32.8. The maximum atomic E-state index is 15.5. The molecule has 4 N–H and O–H groups in total. The van der Waals surface area contributed by atoms with Crippen LogP contribution < -0.4 is 30.2 Å². The number of nitrogens with zero attached hydrogens (tertiary/aromatic N) is 1. The first-order valence-corrected chi connectivity index (χ1v) is 14.8. The number of ether oxygens (including phenoxy) is 3. The highest BCUT2D eigenvalue weighted by Crippen LogP contribution is 2.38. The smallest absolute Gasteiger partial charge is 0.167 e. The van der Waals surface area contributed by atoms with Gasteiger partial charge in [0.25, 0.3) is 0 Å². The molecule has 3 aromatic carbocycles. The lowest BCUT2D eigenvalue weighted by Gasteiger charge is -2.44. The van der Waals surface area contributed by atoms with Gasteiger partial charge in [-0.1, -0.05) is 30.3 Å². The SMILES string of the molecule is COc1cc2c(Oc3ccc(NC4NCCC5NCC(c6ccccc6)C(=O)C54)cc3F)ccnc2cc1OCC(C)(C)O. The van der Waals surface area contributed by atoms with Gasteiger partial charge < -0.3 is 30.0 Å². The molecule has 4 aromatic rings. The fraction of sp³-hybridized carbons (Fsp3) is 0.353. The normalized spacial score (nSPS) is 21.9. The van der Waals surface area contributed by atoms with Crippen LogP contribution in [0, 0.1) is 11.7 Å². The van der Waals surface area contributed by atoms with Gasteiger partial charge in [0.2, 0.25) is 0 Å². The van der Waals surface area contributed by atoms with Crippen LogP contribution in [0.4, 0.5) is 10.1 Å². The molecule has 0 amide bonds. The second-order valence-corrected chi connectivity index (χ2v) is 11.9. The van der Waals surface area contributed by atoms with Crippen LogP contribution >= 0.6 is 0 Å². The van der Waals surface area contributed by atoms with Gasteiger partial charge in [-0.05, 0) is 56.6 Å². The first kappa shape index (κ1) is 29.8. The van der Waals surface area contributed by atoms with E-state index in [2.05, 4.69) is 20.9 Å². The zero-order valence-corrected chi connectivity index (χ0v) is 25.0. The molecule has 0 aliphatic carbocycles. The van der Waals surface area contributed by atoms with E-state index >= 15 is 4.39 Å². The van der Waals surface area contributed by atoms with Gasteiger partial charge in [0.1, 0.15) is 18.1 Å². The number of aromatic nitrogens is 1. The molecule has 2 saturated heterocycles. The van der Waals surface area contributed by atoms with Gasteiger partial charge in [-0.3, -0.25) is 15.1 Å². The van der Waals surface area contributed by atoms with Crippen LogP contribution in [0.25, 0.3) is 10.9 Å². The topological polar surface area (TPSA) is 114 Å². The van der Waals surface area contributed by atoms with Gasteiger partial charge in [-0.2, -0.15) is 0 Å². The molecule has 2 fully saturated rings. The number of benzene rings is 3. The number of halogens is 1. The maximum Gasteiger partial charge on any atom is 0.167 e. The Hall–Kier alpha value is -4.25. The Labute approximate surface area is 255 Å². The minimum atomic E-state index is -1.03. The molecule has 1 aromatic heterocycles. The van der Waals surface area contributed by atoms with Gasteiger partial charge in [0.05, 0.1) is 36.2 Å². The van der Waals surface area contributed by atoms with Crippen molar-refractivity contribution in [3.05, 3.63) is 84.3 Å². The van der Waals surface area contributed by atoms with E-state index in [0.29, 0.717) is 40.4 Å². The third-order valence-corrected chi connectivity index (χ3v) is 8.11.